The molecule has 1 atom stereocenters. The largest absolute Gasteiger partial charge is 0.467 e. The minimum atomic E-state index is -1.00. The monoisotopic (exact) mass is 269 g/mol. The molecule has 0 heterocycles. The highest BCUT2D eigenvalue weighted by Crippen LogP contribution is 2.10. The molecule has 6 heteroatoms. The maximum Gasteiger partial charge on any atom is 0.328 e. The second-order valence-corrected chi connectivity index (χ2v) is 3.70. The lowest BCUT2D eigenvalue weighted by molar-refractivity contribution is -0.142. The van der Waals surface area contributed by atoms with Gasteiger partial charge < -0.3 is 10.1 Å². The third-order valence-corrected chi connectivity index (χ3v) is 2.37. The number of halogens is 2. The van der Waals surface area contributed by atoms with Gasteiger partial charge in [0.25, 0.3) is 5.91 Å². The molecule has 1 aromatic rings. The highest BCUT2D eigenvalue weighted by Gasteiger charge is 2.22. The zero-order chi connectivity index (χ0) is 14.4. The summed E-state index contributed by atoms with van der Waals surface area (Å²) in [5.74, 6) is -3.28. The van der Waals surface area contributed by atoms with Crippen molar-refractivity contribution >= 4 is 11.9 Å². The molecule has 1 aromatic carbocycles. The Bertz CT molecular complexity index is 503. The Morgan fingerprint density at radius 1 is 1.47 bits per heavy atom. The van der Waals surface area contributed by atoms with Crippen LogP contribution in [-0.2, 0) is 9.53 Å². The zero-order valence-electron chi connectivity index (χ0n) is 10.3. The van der Waals surface area contributed by atoms with Crippen LogP contribution in [0.2, 0.25) is 0 Å². The minimum absolute atomic E-state index is 0.140. The molecule has 4 nitrogen and oxygen atoms in total. The van der Waals surface area contributed by atoms with Gasteiger partial charge >= 0.3 is 5.97 Å². The van der Waals surface area contributed by atoms with Crippen LogP contribution in [0.3, 0.4) is 0 Å². The van der Waals surface area contributed by atoms with E-state index in [2.05, 4.69) is 16.6 Å². The maximum atomic E-state index is 13.4. The summed E-state index contributed by atoms with van der Waals surface area (Å²) in [6.07, 6.45) is 1.56. The number of amides is 1. The Balaban J connectivity index is 2.87. The van der Waals surface area contributed by atoms with E-state index in [0.29, 0.717) is 6.07 Å². The Morgan fingerprint density at radius 2 is 2.16 bits per heavy atom. The average Bonchev–Trinajstić information content (AvgIpc) is 2.37. The number of benzene rings is 1. The van der Waals surface area contributed by atoms with Gasteiger partial charge in [-0.25, -0.2) is 13.6 Å². The van der Waals surface area contributed by atoms with E-state index in [4.69, 9.17) is 0 Å². The topological polar surface area (TPSA) is 55.4 Å². The van der Waals surface area contributed by atoms with Crippen molar-refractivity contribution in [3.05, 3.63) is 48.1 Å². The molecule has 0 saturated carbocycles. The van der Waals surface area contributed by atoms with Gasteiger partial charge in [0, 0.05) is 6.07 Å². The molecule has 0 aromatic heterocycles. The number of ether oxygens (including phenoxy) is 1. The van der Waals surface area contributed by atoms with Gasteiger partial charge in [0.15, 0.2) is 0 Å². The Hall–Kier alpha value is -2.24. The SMILES string of the molecule is C=CC[C@H](NC(=O)c1ccc(F)cc1F)C(=O)OC. The van der Waals surface area contributed by atoms with Crippen molar-refractivity contribution in [2.75, 3.05) is 7.11 Å². The molecular weight excluding hydrogens is 256 g/mol. The fraction of sp³-hybridized carbons (Fsp3) is 0.231. The summed E-state index contributed by atoms with van der Waals surface area (Å²) < 4.78 is 30.6. The van der Waals surface area contributed by atoms with Crippen LogP contribution < -0.4 is 5.32 Å². The van der Waals surface area contributed by atoms with E-state index in [0.717, 1.165) is 12.1 Å². The second kappa shape index (κ2) is 6.63. The Kier molecular flexibility index (Phi) is 5.17. The van der Waals surface area contributed by atoms with E-state index >= 15 is 0 Å². The summed E-state index contributed by atoms with van der Waals surface area (Å²) in [7, 11) is 1.17. The first-order chi connectivity index (χ1) is 8.99. The lowest BCUT2D eigenvalue weighted by atomic mass is 10.1. The molecule has 0 fully saturated rings. The van der Waals surface area contributed by atoms with E-state index in [1.165, 1.54) is 13.2 Å². The van der Waals surface area contributed by atoms with Crippen LogP contribution in [0.1, 0.15) is 16.8 Å². The normalized spacial score (nSPS) is 11.5. The van der Waals surface area contributed by atoms with Crippen molar-refractivity contribution in [1.82, 2.24) is 5.32 Å². The summed E-state index contributed by atoms with van der Waals surface area (Å²) in [6, 6.07) is 1.59. The van der Waals surface area contributed by atoms with Crippen molar-refractivity contribution in [2.24, 2.45) is 0 Å². The number of rotatable bonds is 5. The van der Waals surface area contributed by atoms with Crippen LogP contribution in [0.15, 0.2) is 30.9 Å². The third kappa shape index (κ3) is 3.87. The number of esters is 1. The number of methoxy groups -OCH3 is 1. The first kappa shape index (κ1) is 14.8. The van der Waals surface area contributed by atoms with Crippen molar-refractivity contribution in [3.63, 3.8) is 0 Å². The van der Waals surface area contributed by atoms with Gasteiger partial charge in [0.1, 0.15) is 17.7 Å². The lowest BCUT2D eigenvalue weighted by Crippen LogP contribution is -2.41. The van der Waals surface area contributed by atoms with Crippen LogP contribution in [0.25, 0.3) is 0 Å². The van der Waals surface area contributed by atoms with Crippen LogP contribution in [0.5, 0.6) is 0 Å². The van der Waals surface area contributed by atoms with Gasteiger partial charge in [-0.15, -0.1) is 6.58 Å². The molecule has 0 bridgehead atoms. The maximum absolute atomic E-state index is 13.4. The Labute approximate surface area is 109 Å². The van der Waals surface area contributed by atoms with Gasteiger partial charge in [0.05, 0.1) is 12.7 Å². The van der Waals surface area contributed by atoms with E-state index < -0.39 is 29.6 Å². The highest BCUT2D eigenvalue weighted by atomic mass is 19.1. The second-order valence-electron chi connectivity index (χ2n) is 3.70. The molecule has 1 rings (SSSR count). The smallest absolute Gasteiger partial charge is 0.328 e. The fourth-order valence-electron chi connectivity index (χ4n) is 1.43. The van der Waals surface area contributed by atoms with Gasteiger partial charge in [-0.05, 0) is 18.6 Å². The third-order valence-electron chi connectivity index (χ3n) is 2.37. The van der Waals surface area contributed by atoms with E-state index in [1.54, 1.807) is 0 Å². The molecule has 0 spiro atoms. The van der Waals surface area contributed by atoms with Gasteiger partial charge in [0.2, 0.25) is 0 Å². The van der Waals surface area contributed by atoms with Crippen LogP contribution in [-0.4, -0.2) is 25.0 Å². The standard InChI is InChI=1S/C13H13F2NO3/c1-3-4-11(13(18)19-2)16-12(17)9-6-5-8(14)7-10(9)15/h3,5-7,11H,1,4H2,2H3,(H,16,17)/t11-/m0/s1. The van der Waals surface area contributed by atoms with Crippen molar-refractivity contribution in [2.45, 2.75) is 12.5 Å². The van der Waals surface area contributed by atoms with Crippen LogP contribution in [0.4, 0.5) is 8.78 Å². The molecular formula is C13H13F2NO3. The molecule has 1 N–H and O–H groups in total. The van der Waals surface area contributed by atoms with Gasteiger partial charge in [-0.3, -0.25) is 4.79 Å². The van der Waals surface area contributed by atoms with Crippen LogP contribution >= 0.6 is 0 Å². The summed E-state index contributed by atoms with van der Waals surface area (Å²) in [5, 5.41) is 2.30. The van der Waals surface area contributed by atoms with Gasteiger partial charge in [-0.1, -0.05) is 6.08 Å². The van der Waals surface area contributed by atoms with Crippen LogP contribution in [0, 0.1) is 11.6 Å². The minimum Gasteiger partial charge on any atom is -0.467 e. The van der Waals surface area contributed by atoms with Crippen molar-refractivity contribution in [3.8, 4) is 0 Å². The molecule has 0 aliphatic heterocycles. The predicted octanol–water partition coefficient (Wildman–Crippen LogP) is 1.81. The molecule has 0 saturated heterocycles. The molecule has 0 radical (unpaired) electrons. The first-order valence-electron chi connectivity index (χ1n) is 5.44. The molecule has 0 aliphatic rings. The highest BCUT2D eigenvalue weighted by molar-refractivity contribution is 5.97. The Morgan fingerprint density at radius 3 is 2.68 bits per heavy atom. The number of carbonyl (C=O) groups excluding carboxylic acids is 2. The molecule has 102 valence electrons. The summed E-state index contributed by atoms with van der Waals surface area (Å²) in [5.41, 5.74) is -0.348. The molecule has 0 aliphatic carbocycles. The summed E-state index contributed by atoms with van der Waals surface area (Å²) in [6.45, 7) is 3.44. The lowest BCUT2D eigenvalue weighted by Gasteiger charge is -2.14. The fourth-order valence-corrected chi connectivity index (χ4v) is 1.43. The number of carbonyl (C=O) groups is 2. The number of nitrogens with one attached hydrogen (secondary N) is 1. The number of hydrogen-bond donors (Lipinski definition) is 1. The van der Waals surface area contributed by atoms with Gasteiger partial charge in [-0.2, -0.15) is 0 Å². The molecule has 0 unspecified atom stereocenters. The van der Waals surface area contributed by atoms with E-state index in [1.807, 2.05) is 0 Å². The average molecular weight is 269 g/mol. The quantitative estimate of drug-likeness (QED) is 0.655. The number of hydrogen-bond acceptors (Lipinski definition) is 3. The zero-order valence-corrected chi connectivity index (χ0v) is 10.3. The summed E-state index contributed by atoms with van der Waals surface area (Å²) >= 11 is 0. The van der Waals surface area contributed by atoms with Crippen molar-refractivity contribution < 1.29 is 23.1 Å². The van der Waals surface area contributed by atoms with Crippen molar-refractivity contribution in [1.29, 1.82) is 0 Å². The molecule has 19 heavy (non-hydrogen) atoms. The van der Waals surface area contributed by atoms with E-state index in [-0.39, 0.29) is 12.0 Å². The first-order valence-corrected chi connectivity index (χ1v) is 5.44. The predicted molar refractivity (Wildman–Crippen MR) is 64.4 cm³/mol. The van der Waals surface area contributed by atoms with E-state index in [9.17, 15) is 18.4 Å². The summed E-state index contributed by atoms with van der Waals surface area (Å²) in [4.78, 5) is 23.1. The molecule has 1 amide bonds.